The molecule has 0 aliphatic rings. The van der Waals surface area contributed by atoms with Crippen molar-refractivity contribution >= 4 is 17.8 Å². The van der Waals surface area contributed by atoms with Crippen molar-refractivity contribution in [1.82, 2.24) is 9.80 Å². The van der Waals surface area contributed by atoms with Crippen molar-refractivity contribution < 1.29 is 14.4 Å². The van der Waals surface area contributed by atoms with Crippen LogP contribution in [-0.2, 0) is 9.59 Å². The fourth-order valence-electron chi connectivity index (χ4n) is 1.81. The third-order valence-electron chi connectivity index (χ3n) is 3.46. The molecule has 0 spiro atoms. The summed E-state index contributed by atoms with van der Waals surface area (Å²) in [5.74, 6) is -0.550. The van der Waals surface area contributed by atoms with Crippen LogP contribution in [0.4, 0.5) is 4.79 Å². The second-order valence-corrected chi connectivity index (χ2v) is 4.66. The molecule has 0 N–H and O–H groups in total. The molecule has 0 radical (unpaired) electrons. The van der Waals surface area contributed by atoms with Gasteiger partial charge in [0.15, 0.2) is 0 Å². The Morgan fingerprint density at radius 3 is 1.83 bits per heavy atom. The van der Waals surface area contributed by atoms with Gasteiger partial charge in [-0.05, 0) is 12.3 Å². The van der Waals surface area contributed by atoms with Crippen LogP contribution in [0.5, 0.6) is 0 Å². The number of hydrogen-bond donors (Lipinski definition) is 0. The maximum atomic E-state index is 12.2. The SMILES string of the molecule is CCC(C)C(CC)C(=O)N(C)C(=O)N(C)C(C)=O. The van der Waals surface area contributed by atoms with Crippen LogP contribution in [0.1, 0.15) is 40.5 Å². The first-order chi connectivity index (χ1) is 8.27. The second kappa shape index (κ2) is 7.13. The van der Waals surface area contributed by atoms with E-state index in [-0.39, 0.29) is 23.7 Å². The molecule has 0 fully saturated rings. The van der Waals surface area contributed by atoms with Crippen molar-refractivity contribution in [3.8, 4) is 0 Å². The number of hydrogen-bond acceptors (Lipinski definition) is 3. The lowest BCUT2D eigenvalue weighted by atomic mass is 9.88. The third kappa shape index (κ3) is 3.82. The van der Waals surface area contributed by atoms with Crippen molar-refractivity contribution in [3.63, 3.8) is 0 Å². The molecule has 5 heteroatoms. The van der Waals surface area contributed by atoms with Gasteiger partial charge in [-0.25, -0.2) is 4.79 Å². The normalized spacial score (nSPS) is 13.7. The Morgan fingerprint density at radius 1 is 1.00 bits per heavy atom. The molecule has 2 atom stereocenters. The summed E-state index contributed by atoms with van der Waals surface area (Å²) in [6.07, 6.45) is 1.57. The van der Waals surface area contributed by atoms with E-state index in [2.05, 4.69) is 0 Å². The fraction of sp³-hybridized carbons (Fsp3) is 0.769. The first-order valence-corrected chi connectivity index (χ1v) is 6.33. The highest BCUT2D eigenvalue weighted by Crippen LogP contribution is 2.21. The highest BCUT2D eigenvalue weighted by Gasteiger charge is 2.30. The van der Waals surface area contributed by atoms with Crippen molar-refractivity contribution in [3.05, 3.63) is 0 Å². The summed E-state index contributed by atoms with van der Waals surface area (Å²) < 4.78 is 0. The number of urea groups is 1. The van der Waals surface area contributed by atoms with Gasteiger partial charge in [0.05, 0.1) is 0 Å². The fourth-order valence-corrected chi connectivity index (χ4v) is 1.81. The number of amides is 4. The quantitative estimate of drug-likeness (QED) is 0.774. The Labute approximate surface area is 109 Å². The average molecular weight is 256 g/mol. The minimum atomic E-state index is -0.575. The molecule has 0 bridgehead atoms. The number of rotatable bonds is 4. The predicted molar refractivity (Wildman–Crippen MR) is 69.8 cm³/mol. The van der Waals surface area contributed by atoms with Gasteiger partial charge < -0.3 is 0 Å². The van der Waals surface area contributed by atoms with Gasteiger partial charge in [-0.15, -0.1) is 0 Å². The zero-order chi connectivity index (χ0) is 14.5. The van der Waals surface area contributed by atoms with Crippen LogP contribution in [0.15, 0.2) is 0 Å². The molecule has 0 heterocycles. The summed E-state index contributed by atoms with van der Waals surface area (Å²) in [5.41, 5.74) is 0. The largest absolute Gasteiger partial charge is 0.332 e. The molecule has 0 aromatic heterocycles. The Hall–Kier alpha value is -1.39. The topological polar surface area (TPSA) is 57.7 Å². The zero-order valence-corrected chi connectivity index (χ0v) is 12.2. The van der Waals surface area contributed by atoms with E-state index < -0.39 is 6.03 Å². The van der Waals surface area contributed by atoms with E-state index in [4.69, 9.17) is 0 Å². The molecule has 0 aromatic carbocycles. The summed E-state index contributed by atoms with van der Waals surface area (Å²) in [6, 6.07) is -0.575. The van der Waals surface area contributed by atoms with Gasteiger partial charge in [0, 0.05) is 26.9 Å². The minimum Gasteiger partial charge on any atom is -0.275 e. The maximum absolute atomic E-state index is 12.2. The third-order valence-corrected chi connectivity index (χ3v) is 3.46. The summed E-state index contributed by atoms with van der Waals surface area (Å²) >= 11 is 0. The summed E-state index contributed by atoms with van der Waals surface area (Å²) in [4.78, 5) is 37.2. The van der Waals surface area contributed by atoms with Crippen molar-refractivity contribution in [2.45, 2.75) is 40.5 Å². The first-order valence-electron chi connectivity index (χ1n) is 6.33. The highest BCUT2D eigenvalue weighted by atomic mass is 16.2. The van der Waals surface area contributed by atoms with Gasteiger partial charge in [-0.3, -0.25) is 19.4 Å². The van der Waals surface area contributed by atoms with Crippen LogP contribution < -0.4 is 0 Å². The molecular formula is C13H24N2O3. The van der Waals surface area contributed by atoms with Gasteiger partial charge >= 0.3 is 6.03 Å². The molecule has 18 heavy (non-hydrogen) atoms. The van der Waals surface area contributed by atoms with E-state index >= 15 is 0 Å². The predicted octanol–water partition coefficient (Wildman–Crippen LogP) is 2.12. The number of carbonyl (C=O) groups excluding carboxylic acids is 3. The van der Waals surface area contributed by atoms with Crippen LogP contribution in [0.25, 0.3) is 0 Å². The van der Waals surface area contributed by atoms with Gasteiger partial charge in [-0.1, -0.05) is 27.2 Å². The van der Waals surface area contributed by atoms with Gasteiger partial charge in [-0.2, -0.15) is 0 Å². The summed E-state index contributed by atoms with van der Waals surface area (Å²) in [7, 11) is 2.80. The van der Waals surface area contributed by atoms with Crippen LogP contribution in [0.2, 0.25) is 0 Å². The van der Waals surface area contributed by atoms with Crippen LogP contribution in [0.3, 0.4) is 0 Å². The molecule has 0 aliphatic heterocycles. The summed E-state index contributed by atoms with van der Waals surface area (Å²) in [5, 5.41) is 0. The van der Waals surface area contributed by atoms with Gasteiger partial charge in [0.25, 0.3) is 0 Å². The lowest BCUT2D eigenvalue weighted by Gasteiger charge is -2.27. The lowest BCUT2D eigenvalue weighted by molar-refractivity contribution is -0.134. The molecule has 0 aliphatic carbocycles. The number of imide groups is 2. The summed E-state index contributed by atoms with van der Waals surface area (Å²) in [6.45, 7) is 7.24. The Kier molecular flexibility index (Phi) is 6.58. The molecule has 2 unspecified atom stereocenters. The Morgan fingerprint density at radius 2 is 1.50 bits per heavy atom. The van der Waals surface area contributed by atoms with Gasteiger partial charge in [0.1, 0.15) is 0 Å². The Balaban J connectivity index is 4.87. The monoisotopic (exact) mass is 256 g/mol. The molecule has 5 nitrogen and oxygen atoms in total. The molecule has 104 valence electrons. The van der Waals surface area contributed by atoms with Crippen LogP contribution in [-0.4, -0.2) is 41.7 Å². The smallest absolute Gasteiger partial charge is 0.275 e. The molecule has 0 rings (SSSR count). The van der Waals surface area contributed by atoms with Gasteiger partial charge in [0.2, 0.25) is 11.8 Å². The molecule has 4 amide bonds. The molecule has 0 saturated carbocycles. The first kappa shape index (κ1) is 16.6. The molecule has 0 saturated heterocycles. The minimum absolute atomic E-state index is 0.177. The Bertz CT molecular complexity index is 328. The number of carbonyl (C=O) groups is 3. The maximum Gasteiger partial charge on any atom is 0.332 e. The van der Waals surface area contributed by atoms with Crippen molar-refractivity contribution in [1.29, 1.82) is 0 Å². The van der Waals surface area contributed by atoms with E-state index in [1.807, 2.05) is 20.8 Å². The van der Waals surface area contributed by atoms with E-state index in [1.165, 1.54) is 21.0 Å². The standard InChI is InChI=1S/C13H24N2O3/c1-7-9(3)11(8-2)12(17)15(6)13(18)14(5)10(4)16/h9,11H,7-8H2,1-6H3. The molecular weight excluding hydrogens is 232 g/mol. The molecule has 0 aromatic rings. The van der Waals surface area contributed by atoms with Crippen LogP contribution >= 0.6 is 0 Å². The second-order valence-electron chi connectivity index (χ2n) is 4.66. The van der Waals surface area contributed by atoms with Crippen LogP contribution in [0, 0.1) is 11.8 Å². The number of nitrogens with zero attached hydrogens (tertiary/aromatic N) is 2. The highest BCUT2D eigenvalue weighted by molar-refractivity contribution is 6.01. The van der Waals surface area contributed by atoms with E-state index in [1.54, 1.807) is 0 Å². The van der Waals surface area contributed by atoms with E-state index in [0.717, 1.165) is 16.2 Å². The zero-order valence-electron chi connectivity index (χ0n) is 12.2. The lowest BCUT2D eigenvalue weighted by Crippen LogP contribution is -2.47. The van der Waals surface area contributed by atoms with E-state index in [9.17, 15) is 14.4 Å². The van der Waals surface area contributed by atoms with E-state index in [0.29, 0.717) is 6.42 Å². The average Bonchev–Trinajstić information content (AvgIpc) is 2.36. The van der Waals surface area contributed by atoms with Crippen molar-refractivity contribution in [2.75, 3.05) is 14.1 Å². The van der Waals surface area contributed by atoms with Crippen molar-refractivity contribution in [2.24, 2.45) is 11.8 Å².